The van der Waals surface area contributed by atoms with Gasteiger partial charge in [0.2, 0.25) is 0 Å². The van der Waals surface area contributed by atoms with E-state index in [1.807, 2.05) is 35.9 Å². The molecule has 0 unspecified atom stereocenters. The highest BCUT2D eigenvalue weighted by Gasteiger charge is 2.44. The fourth-order valence-corrected chi connectivity index (χ4v) is 4.85. The van der Waals surface area contributed by atoms with E-state index < -0.39 is 18.3 Å². The van der Waals surface area contributed by atoms with Gasteiger partial charge in [0.25, 0.3) is 0 Å². The highest BCUT2D eigenvalue weighted by Crippen LogP contribution is 2.38. The third kappa shape index (κ3) is 3.20. The average molecular weight is 414 g/mol. The van der Waals surface area contributed by atoms with Crippen LogP contribution in [0.5, 0.6) is 5.75 Å². The molecule has 3 heterocycles. The van der Waals surface area contributed by atoms with Crippen molar-refractivity contribution in [2.75, 3.05) is 6.54 Å². The highest BCUT2D eigenvalue weighted by atomic mass is 35.5. The van der Waals surface area contributed by atoms with Gasteiger partial charge in [-0.3, -0.25) is 0 Å². The zero-order valence-electron chi connectivity index (χ0n) is 16.2. The van der Waals surface area contributed by atoms with Crippen molar-refractivity contribution >= 4 is 22.6 Å². The number of halogens is 1. The average Bonchev–Trinajstić information content (AvgIpc) is 3.25. The predicted octanol–water partition coefficient (Wildman–Crippen LogP) is 2.76. The number of aliphatic hydroxyl groups excluding tert-OH is 2. The Bertz CT molecular complexity index is 1070. The van der Waals surface area contributed by atoms with E-state index in [-0.39, 0.29) is 6.04 Å². The largest absolute Gasteiger partial charge is 0.487 e. The first kappa shape index (κ1) is 18.9. The van der Waals surface area contributed by atoms with Crippen LogP contribution >= 0.6 is 11.6 Å². The molecule has 3 N–H and O–H groups in total. The Labute approximate surface area is 174 Å². The summed E-state index contributed by atoms with van der Waals surface area (Å²) in [6.07, 6.45) is 2.62. The van der Waals surface area contributed by atoms with Crippen LogP contribution in [0.25, 0.3) is 11.0 Å². The van der Waals surface area contributed by atoms with E-state index in [9.17, 15) is 10.2 Å². The molecule has 0 radical (unpaired) electrons. The molecule has 3 aromatic rings. The molecule has 1 aliphatic heterocycles. The van der Waals surface area contributed by atoms with Crippen LogP contribution in [0.2, 0.25) is 5.02 Å². The highest BCUT2D eigenvalue weighted by molar-refractivity contribution is 6.30. The van der Waals surface area contributed by atoms with Crippen molar-refractivity contribution in [1.82, 2.24) is 14.9 Å². The Morgan fingerprint density at radius 3 is 2.97 bits per heavy atom. The number of ether oxygens (including phenoxy) is 1. The number of aliphatic hydroxyl groups is 2. The first-order chi connectivity index (χ1) is 14.0. The SMILES string of the molecule is Cc1ccnc2c1ccn2[C@@H]1C[C@H](Oc2cc(Cl)cc3c2CNCC3)[C@@H](O)[C@H]1O. The van der Waals surface area contributed by atoms with Crippen molar-refractivity contribution < 1.29 is 14.9 Å². The fourth-order valence-electron chi connectivity index (χ4n) is 4.61. The van der Waals surface area contributed by atoms with E-state index in [2.05, 4.69) is 10.3 Å². The molecule has 2 aliphatic rings. The molecule has 5 rings (SSSR count). The van der Waals surface area contributed by atoms with Gasteiger partial charge < -0.3 is 24.8 Å². The first-order valence-electron chi connectivity index (χ1n) is 10.00. The molecule has 1 saturated carbocycles. The minimum atomic E-state index is -0.992. The first-order valence-corrected chi connectivity index (χ1v) is 10.4. The van der Waals surface area contributed by atoms with Gasteiger partial charge in [0.15, 0.2) is 0 Å². The third-order valence-electron chi connectivity index (χ3n) is 6.21. The number of rotatable bonds is 3. The zero-order chi connectivity index (χ0) is 20.1. The lowest BCUT2D eigenvalue weighted by Gasteiger charge is -2.24. The molecule has 0 amide bonds. The molecule has 0 bridgehead atoms. The molecule has 2 aromatic heterocycles. The number of hydrogen-bond acceptors (Lipinski definition) is 5. The Hall–Kier alpha value is -2.12. The molecule has 7 heteroatoms. The van der Waals surface area contributed by atoms with Gasteiger partial charge in [-0.05, 0) is 55.3 Å². The number of hydrogen-bond donors (Lipinski definition) is 3. The number of aryl methyl sites for hydroxylation is 1. The summed E-state index contributed by atoms with van der Waals surface area (Å²) >= 11 is 6.30. The van der Waals surface area contributed by atoms with Crippen molar-refractivity contribution in [2.45, 2.75) is 50.7 Å². The summed E-state index contributed by atoms with van der Waals surface area (Å²) in [7, 11) is 0. The third-order valence-corrected chi connectivity index (χ3v) is 6.43. The fraction of sp³-hybridized carbons (Fsp3) is 0.409. The molecular formula is C22H24ClN3O3. The van der Waals surface area contributed by atoms with Gasteiger partial charge in [0.1, 0.15) is 29.7 Å². The van der Waals surface area contributed by atoms with Gasteiger partial charge in [-0.1, -0.05) is 11.6 Å². The van der Waals surface area contributed by atoms with E-state index in [1.165, 1.54) is 5.56 Å². The standard InChI is InChI=1S/C22H24ClN3O3/c1-12-2-6-25-22-15(12)4-7-26(22)17-10-19(21(28)20(17)27)29-18-9-14(23)8-13-3-5-24-11-16(13)18/h2,4,6-9,17,19-21,24,27-28H,3,5,10-11H2,1H3/t17-,19+,20+,21-/m1/s1. The second-order valence-electron chi connectivity index (χ2n) is 8.00. The maximum absolute atomic E-state index is 10.8. The molecule has 1 fully saturated rings. The summed E-state index contributed by atoms with van der Waals surface area (Å²) in [4.78, 5) is 4.49. The number of nitrogens with one attached hydrogen (secondary N) is 1. The van der Waals surface area contributed by atoms with Crippen LogP contribution in [0.4, 0.5) is 0 Å². The number of benzene rings is 1. The van der Waals surface area contributed by atoms with Gasteiger partial charge in [0.05, 0.1) is 6.04 Å². The van der Waals surface area contributed by atoms with Crippen LogP contribution in [-0.4, -0.2) is 44.6 Å². The summed E-state index contributed by atoms with van der Waals surface area (Å²) in [5.74, 6) is 0.683. The predicted molar refractivity (Wildman–Crippen MR) is 111 cm³/mol. The number of aromatic nitrogens is 2. The monoisotopic (exact) mass is 413 g/mol. The van der Waals surface area contributed by atoms with Crippen LogP contribution in [-0.2, 0) is 13.0 Å². The molecule has 1 aromatic carbocycles. The molecule has 1 aliphatic carbocycles. The topological polar surface area (TPSA) is 79.5 Å². The maximum atomic E-state index is 10.8. The number of nitrogens with zero attached hydrogens (tertiary/aromatic N) is 2. The molecule has 29 heavy (non-hydrogen) atoms. The quantitative estimate of drug-likeness (QED) is 0.615. The van der Waals surface area contributed by atoms with Crippen molar-refractivity contribution in [1.29, 1.82) is 0 Å². The van der Waals surface area contributed by atoms with E-state index in [0.29, 0.717) is 23.7 Å². The summed E-state index contributed by atoms with van der Waals surface area (Å²) < 4.78 is 8.19. The molecule has 0 spiro atoms. The number of fused-ring (bicyclic) bond motifs is 2. The van der Waals surface area contributed by atoms with E-state index in [4.69, 9.17) is 16.3 Å². The van der Waals surface area contributed by atoms with Crippen molar-refractivity contribution in [3.8, 4) is 5.75 Å². The maximum Gasteiger partial charge on any atom is 0.140 e. The Balaban J connectivity index is 1.45. The molecule has 6 nitrogen and oxygen atoms in total. The van der Waals surface area contributed by atoms with Crippen molar-refractivity contribution in [2.24, 2.45) is 0 Å². The molecule has 0 saturated heterocycles. The van der Waals surface area contributed by atoms with Crippen LogP contribution in [0, 0.1) is 6.92 Å². The smallest absolute Gasteiger partial charge is 0.140 e. The Morgan fingerprint density at radius 1 is 1.24 bits per heavy atom. The molecule has 152 valence electrons. The van der Waals surface area contributed by atoms with Crippen LogP contribution in [0.3, 0.4) is 0 Å². The van der Waals surface area contributed by atoms with Crippen molar-refractivity contribution in [3.63, 3.8) is 0 Å². The minimum Gasteiger partial charge on any atom is -0.487 e. The Kier molecular flexibility index (Phi) is 4.75. The second-order valence-corrected chi connectivity index (χ2v) is 8.43. The molecular weight excluding hydrogens is 390 g/mol. The Morgan fingerprint density at radius 2 is 2.10 bits per heavy atom. The summed E-state index contributed by atoms with van der Waals surface area (Å²) in [5.41, 5.74) is 4.19. The van der Waals surface area contributed by atoms with Crippen LogP contribution in [0.1, 0.15) is 29.2 Å². The summed E-state index contributed by atoms with van der Waals surface area (Å²) in [6, 6.07) is 7.44. The lowest BCUT2D eigenvalue weighted by Crippen LogP contribution is -2.34. The van der Waals surface area contributed by atoms with Gasteiger partial charge in [-0.25, -0.2) is 4.98 Å². The summed E-state index contributed by atoms with van der Waals surface area (Å²) in [6.45, 7) is 3.66. The van der Waals surface area contributed by atoms with E-state index in [1.54, 1.807) is 12.3 Å². The van der Waals surface area contributed by atoms with E-state index >= 15 is 0 Å². The second kappa shape index (κ2) is 7.29. The molecule has 4 atom stereocenters. The summed E-state index contributed by atoms with van der Waals surface area (Å²) in [5, 5.41) is 26.5. The van der Waals surface area contributed by atoms with Gasteiger partial charge in [-0.15, -0.1) is 0 Å². The normalized spacial score (nSPS) is 26.6. The van der Waals surface area contributed by atoms with Crippen molar-refractivity contribution in [3.05, 3.63) is 58.4 Å². The number of pyridine rings is 1. The zero-order valence-corrected chi connectivity index (χ0v) is 16.9. The minimum absolute atomic E-state index is 0.310. The lowest BCUT2D eigenvalue weighted by atomic mass is 10.00. The van der Waals surface area contributed by atoms with E-state index in [0.717, 1.165) is 35.1 Å². The van der Waals surface area contributed by atoms with Gasteiger partial charge >= 0.3 is 0 Å². The van der Waals surface area contributed by atoms with Gasteiger partial charge in [-0.2, -0.15) is 0 Å². The lowest BCUT2D eigenvalue weighted by molar-refractivity contribution is -0.0166. The van der Waals surface area contributed by atoms with Gasteiger partial charge in [0, 0.05) is 41.3 Å². The van der Waals surface area contributed by atoms with Crippen LogP contribution in [0.15, 0.2) is 36.7 Å². The van der Waals surface area contributed by atoms with Crippen LogP contribution < -0.4 is 10.1 Å².